The summed E-state index contributed by atoms with van der Waals surface area (Å²) in [5, 5.41) is 0.768. The molecule has 0 radical (unpaired) electrons. The number of aryl methyl sites for hydroxylation is 1. The molecule has 9 heteroatoms. The Bertz CT molecular complexity index is 1970. The number of rotatable bonds is 4. The minimum atomic E-state index is -2.90. The van der Waals surface area contributed by atoms with Crippen LogP contribution < -0.4 is 9.64 Å². The Morgan fingerprint density at radius 1 is 1.08 bits per heavy atom. The van der Waals surface area contributed by atoms with Crippen molar-refractivity contribution in [2.75, 3.05) is 43.2 Å². The highest BCUT2D eigenvalue weighted by Crippen LogP contribution is 2.47. The Balaban J connectivity index is 1.15. The number of carbonyl (C=O) groups excluding carboxylic acids is 1. The van der Waals surface area contributed by atoms with Gasteiger partial charge in [-0.2, -0.15) is 4.36 Å². The summed E-state index contributed by atoms with van der Waals surface area (Å²) in [4.78, 5) is 16.6. The van der Waals surface area contributed by atoms with Crippen molar-refractivity contribution in [3.63, 3.8) is 0 Å². The van der Waals surface area contributed by atoms with Gasteiger partial charge in [0.15, 0.2) is 0 Å². The van der Waals surface area contributed by atoms with Crippen LogP contribution in [0, 0.1) is 17.8 Å². The molecule has 52 heavy (non-hydrogen) atoms. The minimum Gasteiger partial charge on any atom is -0.490 e. The first-order chi connectivity index (χ1) is 25.2. The summed E-state index contributed by atoms with van der Waals surface area (Å²) in [5.74, 6) is 1.94. The quantitative estimate of drug-likeness (QED) is 0.249. The molecule has 0 N–H and O–H groups in total. The van der Waals surface area contributed by atoms with E-state index in [0.717, 1.165) is 74.5 Å². The molecule has 3 aliphatic heterocycles. The predicted octanol–water partition coefficient (Wildman–Crippen LogP) is 8.59. The van der Waals surface area contributed by atoms with E-state index in [9.17, 15) is 9.00 Å². The lowest BCUT2D eigenvalue weighted by atomic mass is 9.68. The summed E-state index contributed by atoms with van der Waals surface area (Å²) in [6.45, 7) is 4.83. The largest absolute Gasteiger partial charge is 0.490 e. The third kappa shape index (κ3) is 7.33. The van der Waals surface area contributed by atoms with Gasteiger partial charge in [-0.1, -0.05) is 61.0 Å². The van der Waals surface area contributed by atoms with Gasteiger partial charge in [0, 0.05) is 47.7 Å². The van der Waals surface area contributed by atoms with Gasteiger partial charge >= 0.3 is 0 Å². The fourth-order valence-corrected chi connectivity index (χ4v) is 12.0. The first kappa shape index (κ1) is 35.8. The third-order valence-electron chi connectivity index (χ3n) is 12.4. The minimum absolute atomic E-state index is 0.0151. The van der Waals surface area contributed by atoms with Gasteiger partial charge in [0.1, 0.15) is 5.75 Å². The van der Waals surface area contributed by atoms with Gasteiger partial charge in [-0.3, -0.25) is 4.79 Å². The predicted molar refractivity (Wildman–Crippen MR) is 208 cm³/mol. The fraction of sp³-hybridized carbons (Fsp3) is 0.512. The lowest BCUT2D eigenvalue weighted by Crippen LogP contribution is -2.49. The third-order valence-corrected chi connectivity index (χ3v) is 15.1. The number of ether oxygens (including phenoxy) is 3. The molecule has 3 heterocycles. The number of hydrogen-bond donors (Lipinski definition) is 0. The van der Waals surface area contributed by atoms with Gasteiger partial charge < -0.3 is 19.1 Å². The first-order valence-electron chi connectivity index (χ1n) is 19.2. The Morgan fingerprint density at radius 3 is 2.77 bits per heavy atom. The van der Waals surface area contributed by atoms with Crippen molar-refractivity contribution < 1.29 is 23.2 Å². The maximum absolute atomic E-state index is 14.8. The van der Waals surface area contributed by atoms with Crippen molar-refractivity contribution in [2.24, 2.45) is 22.1 Å². The molecule has 1 spiro atoms. The van der Waals surface area contributed by atoms with Crippen molar-refractivity contribution in [3.8, 4) is 5.75 Å². The molecule has 0 unspecified atom stereocenters. The number of hydrogen-bond acceptors (Lipinski definition) is 6. The first-order valence-corrected chi connectivity index (χ1v) is 21.4. The molecule has 3 aromatic rings. The van der Waals surface area contributed by atoms with Crippen LogP contribution in [0.4, 0.5) is 5.69 Å². The van der Waals surface area contributed by atoms with Crippen molar-refractivity contribution >= 4 is 32.9 Å². The molecule has 1 fully saturated rings. The van der Waals surface area contributed by atoms with Gasteiger partial charge in [0.05, 0.1) is 40.8 Å². The van der Waals surface area contributed by atoms with E-state index in [0.29, 0.717) is 48.5 Å². The number of methoxy groups -OCH3 is 1. The Kier molecular flexibility index (Phi) is 10.3. The number of halogens is 1. The van der Waals surface area contributed by atoms with Crippen LogP contribution in [0.1, 0.15) is 78.1 Å². The molecule has 1 saturated carbocycles. The van der Waals surface area contributed by atoms with Gasteiger partial charge in [-0.05, 0) is 122 Å². The maximum atomic E-state index is 14.8. The monoisotopic (exact) mass is 742 g/mol. The second-order valence-corrected chi connectivity index (χ2v) is 18.9. The van der Waals surface area contributed by atoms with Crippen LogP contribution in [-0.4, -0.2) is 60.6 Å². The van der Waals surface area contributed by atoms with E-state index in [-0.39, 0.29) is 23.5 Å². The molecule has 7 atom stereocenters. The highest BCUT2D eigenvalue weighted by molar-refractivity contribution is 7.93. The number of anilines is 1. The second-order valence-electron chi connectivity index (χ2n) is 16.0. The summed E-state index contributed by atoms with van der Waals surface area (Å²) in [7, 11) is -1.08. The van der Waals surface area contributed by atoms with E-state index < -0.39 is 15.6 Å². The topological polar surface area (TPSA) is 77.4 Å². The molecular formula is C43H51ClN2O5S. The van der Waals surface area contributed by atoms with Crippen molar-refractivity contribution in [2.45, 2.75) is 82.5 Å². The van der Waals surface area contributed by atoms with E-state index in [1.54, 1.807) is 6.07 Å². The highest BCUT2D eigenvalue weighted by Gasteiger charge is 2.44. The van der Waals surface area contributed by atoms with E-state index >= 15 is 0 Å². The lowest BCUT2D eigenvalue weighted by Gasteiger charge is -2.46. The smallest absolute Gasteiger partial charge is 0.285 e. The summed E-state index contributed by atoms with van der Waals surface area (Å²) < 4.78 is 38.5. The molecule has 0 saturated heterocycles. The molecule has 1 amide bonds. The van der Waals surface area contributed by atoms with E-state index in [4.69, 9.17) is 25.8 Å². The summed E-state index contributed by atoms with van der Waals surface area (Å²) >= 11 is 6.48. The van der Waals surface area contributed by atoms with Gasteiger partial charge in [0.2, 0.25) is 0 Å². The number of allylic oxidation sites excluding steroid dienone is 1. The SMILES string of the molecule is CO[C@H]1/C=C/C[C@H](C)C[S@@](=O)(CC[C@H]2Cc3ccccc3CO2)=NC(=O)c2ccc3c(c2)N(C[C@@H]2CC[C@H]21)C[C@@]1(CCCc2cc(Cl)ccc21)CO3. The van der Waals surface area contributed by atoms with Crippen LogP contribution in [0.5, 0.6) is 5.75 Å². The van der Waals surface area contributed by atoms with Crippen LogP contribution >= 0.6 is 11.6 Å². The zero-order chi connectivity index (χ0) is 35.9. The van der Waals surface area contributed by atoms with E-state index in [1.807, 2.05) is 31.4 Å². The molecule has 3 aromatic carbocycles. The molecule has 5 aliphatic rings. The molecule has 2 bridgehead atoms. The maximum Gasteiger partial charge on any atom is 0.285 e. The summed E-state index contributed by atoms with van der Waals surface area (Å²) in [6, 6.07) is 20.4. The standard InChI is InChI=1S/C43H51ClN2O5S/c1-29-7-5-11-40(49-2)37-15-12-33(37)24-46-27-43(19-6-10-31-21-35(44)14-16-38(31)43)28-51-41-17-13-32(23-39(41)46)42(47)45-52(48,26-29)20-18-36-22-30-8-3-4-9-34(30)25-50-36/h3-5,8-9,11,13-14,16-17,21,23,29,33,36-37,40H,6-7,10,12,15,18-20,22,24-28H2,1-2H3/b11-5+/t29-,33-,36-,37+,40-,43-,52-/m0/s1. The van der Waals surface area contributed by atoms with E-state index in [1.165, 1.54) is 22.3 Å². The number of benzene rings is 3. The van der Waals surface area contributed by atoms with Crippen LogP contribution in [0.3, 0.4) is 0 Å². The number of amides is 1. The van der Waals surface area contributed by atoms with Gasteiger partial charge in [-0.25, -0.2) is 4.21 Å². The zero-order valence-electron chi connectivity index (χ0n) is 30.4. The normalized spacial score (nSPS) is 32.2. The van der Waals surface area contributed by atoms with Gasteiger partial charge in [0.25, 0.3) is 5.91 Å². The Hall–Kier alpha value is -3.17. The molecule has 8 rings (SSSR count). The summed E-state index contributed by atoms with van der Waals surface area (Å²) in [5.41, 5.74) is 6.26. The lowest BCUT2D eigenvalue weighted by molar-refractivity contribution is 0.0131. The fourth-order valence-electron chi connectivity index (χ4n) is 9.42. The van der Waals surface area contributed by atoms with Gasteiger partial charge in [-0.15, -0.1) is 0 Å². The molecule has 2 aliphatic carbocycles. The molecule has 7 nitrogen and oxygen atoms in total. The molecule has 0 aromatic heterocycles. The van der Waals surface area contributed by atoms with Crippen LogP contribution in [0.15, 0.2) is 77.2 Å². The highest BCUT2D eigenvalue weighted by atomic mass is 35.5. The van der Waals surface area contributed by atoms with Crippen molar-refractivity contribution in [1.29, 1.82) is 0 Å². The zero-order valence-corrected chi connectivity index (χ0v) is 32.0. The number of fused-ring (bicyclic) bond motifs is 5. The summed E-state index contributed by atoms with van der Waals surface area (Å²) in [6.07, 6.45) is 11.8. The van der Waals surface area contributed by atoms with Crippen LogP contribution in [0.2, 0.25) is 5.02 Å². The van der Waals surface area contributed by atoms with Crippen molar-refractivity contribution in [3.05, 3.63) is 106 Å². The number of nitrogens with zero attached hydrogens (tertiary/aromatic N) is 2. The number of carbonyl (C=O) groups is 1. The van der Waals surface area contributed by atoms with Crippen molar-refractivity contribution in [1.82, 2.24) is 0 Å². The second kappa shape index (κ2) is 14.9. The molecule has 276 valence electrons. The Labute approximate surface area is 314 Å². The van der Waals surface area contributed by atoms with Crippen LogP contribution in [0.25, 0.3) is 0 Å². The van der Waals surface area contributed by atoms with E-state index in [2.05, 4.69) is 58.7 Å². The molecular weight excluding hydrogens is 692 g/mol. The van der Waals surface area contributed by atoms with Crippen LogP contribution in [-0.2, 0) is 44.1 Å². The Morgan fingerprint density at radius 2 is 1.94 bits per heavy atom. The average Bonchev–Trinajstić information content (AvgIpc) is 3.28. The average molecular weight is 743 g/mol.